The van der Waals surface area contributed by atoms with Gasteiger partial charge in [0.2, 0.25) is 0 Å². The maximum absolute atomic E-state index is 12.4. The lowest BCUT2D eigenvalue weighted by atomic mass is 10.2. The van der Waals surface area contributed by atoms with Crippen LogP contribution in [0.25, 0.3) is 0 Å². The normalized spacial score (nSPS) is 10.7. The molecule has 8 nitrogen and oxygen atoms in total. The molecular formula is C20H16F2N2O6. The molecule has 0 spiro atoms. The summed E-state index contributed by atoms with van der Waals surface area (Å²) < 4.78 is 39.7. The fraction of sp³-hybridized carbons (Fsp3) is 0.150. The Balaban J connectivity index is 1.63. The molecule has 0 aliphatic carbocycles. The molecule has 0 aliphatic rings. The van der Waals surface area contributed by atoms with Crippen molar-refractivity contribution in [1.29, 1.82) is 0 Å². The van der Waals surface area contributed by atoms with Gasteiger partial charge in [0.25, 0.3) is 5.91 Å². The number of aryl methyl sites for hydroxylation is 1. The van der Waals surface area contributed by atoms with Crippen molar-refractivity contribution in [3.63, 3.8) is 0 Å². The van der Waals surface area contributed by atoms with Gasteiger partial charge in [-0.2, -0.15) is 8.78 Å². The quantitative estimate of drug-likeness (QED) is 0.411. The molecule has 1 N–H and O–H groups in total. The Hall–Kier alpha value is -3.95. The molecule has 1 heterocycles. The van der Waals surface area contributed by atoms with Gasteiger partial charge in [0.1, 0.15) is 18.1 Å². The summed E-state index contributed by atoms with van der Waals surface area (Å²) >= 11 is 0. The fourth-order valence-corrected chi connectivity index (χ4v) is 2.59. The molecule has 0 atom stereocenters. The molecule has 0 radical (unpaired) electrons. The number of anilines is 1. The first-order valence-electron chi connectivity index (χ1n) is 8.65. The lowest BCUT2D eigenvalue weighted by molar-refractivity contribution is -0.386. The maximum Gasteiger partial charge on any atom is 0.387 e. The predicted molar refractivity (Wildman–Crippen MR) is 102 cm³/mol. The van der Waals surface area contributed by atoms with E-state index in [0.717, 1.165) is 0 Å². The highest BCUT2D eigenvalue weighted by atomic mass is 19.3. The van der Waals surface area contributed by atoms with Gasteiger partial charge in [-0.15, -0.1) is 0 Å². The number of para-hydroxylation sites is 2. The SMILES string of the molecule is Cc1cc(OC(F)F)ccc1NC(=O)c1ccc(COc2ccccc2[N+](=O)[O-])o1. The average Bonchev–Trinajstić information content (AvgIpc) is 3.17. The average molecular weight is 418 g/mol. The van der Waals surface area contributed by atoms with Crippen LogP contribution < -0.4 is 14.8 Å². The van der Waals surface area contributed by atoms with Gasteiger partial charge >= 0.3 is 12.3 Å². The van der Waals surface area contributed by atoms with Gasteiger partial charge in [-0.05, 0) is 48.9 Å². The third-order valence-electron chi connectivity index (χ3n) is 3.99. The number of alkyl halides is 2. The number of carbonyl (C=O) groups excluding carboxylic acids is 1. The number of nitro groups is 1. The lowest BCUT2D eigenvalue weighted by Crippen LogP contribution is -2.12. The predicted octanol–water partition coefficient (Wildman–Crippen LogP) is 4.93. The summed E-state index contributed by atoms with van der Waals surface area (Å²) in [4.78, 5) is 22.8. The number of furan rings is 1. The number of hydrogen-bond acceptors (Lipinski definition) is 6. The highest BCUT2D eigenvalue weighted by molar-refractivity contribution is 6.02. The number of ether oxygens (including phenoxy) is 2. The van der Waals surface area contributed by atoms with Crippen LogP contribution in [0.2, 0.25) is 0 Å². The van der Waals surface area contributed by atoms with Crippen molar-refractivity contribution in [2.75, 3.05) is 5.32 Å². The zero-order valence-corrected chi connectivity index (χ0v) is 15.6. The van der Waals surface area contributed by atoms with E-state index in [0.29, 0.717) is 11.3 Å². The van der Waals surface area contributed by atoms with E-state index >= 15 is 0 Å². The second-order valence-electron chi connectivity index (χ2n) is 6.09. The number of carbonyl (C=O) groups is 1. The number of benzene rings is 2. The largest absolute Gasteiger partial charge is 0.479 e. The number of rotatable bonds is 8. The van der Waals surface area contributed by atoms with Crippen LogP contribution in [0, 0.1) is 17.0 Å². The zero-order valence-electron chi connectivity index (χ0n) is 15.6. The number of amides is 1. The molecule has 0 unspecified atom stereocenters. The Morgan fingerprint density at radius 3 is 2.67 bits per heavy atom. The van der Waals surface area contributed by atoms with Crippen molar-refractivity contribution in [3.8, 4) is 11.5 Å². The van der Waals surface area contributed by atoms with Crippen molar-refractivity contribution < 1.29 is 32.4 Å². The molecule has 10 heteroatoms. The molecule has 3 rings (SSSR count). The Morgan fingerprint density at radius 1 is 1.20 bits per heavy atom. The molecule has 1 amide bonds. The number of nitrogens with one attached hydrogen (secondary N) is 1. The van der Waals surface area contributed by atoms with E-state index in [1.54, 1.807) is 13.0 Å². The first-order chi connectivity index (χ1) is 14.3. The summed E-state index contributed by atoms with van der Waals surface area (Å²) in [5.74, 6) is -0.226. The highest BCUT2D eigenvalue weighted by Crippen LogP contribution is 2.27. The molecule has 30 heavy (non-hydrogen) atoms. The lowest BCUT2D eigenvalue weighted by Gasteiger charge is -2.10. The van der Waals surface area contributed by atoms with Gasteiger partial charge in [-0.3, -0.25) is 14.9 Å². The highest BCUT2D eigenvalue weighted by Gasteiger charge is 2.16. The van der Waals surface area contributed by atoms with E-state index in [-0.39, 0.29) is 35.3 Å². The monoisotopic (exact) mass is 418 g/mol. The van der Waals surface area contributed by atoms with Crippen LogP contribution in [-0.2, 0) is 6.61 Å². The maximum atomic E-state index is 12.4. The number of nitro benzene ring substituents is 1. The van der Waals surface area contributed by atoms with Gasteiger partial charge in [-0.25, -0.2) is 0 Å². The molecule has 0 fully saturated rings. The van der Waals surface area contributed by atoms with Crippen molar-refractivity contribution in [2.45, 2.75) is 20.1 Å². The third-order valence-corrected chi connectivity index (χ3v) is 3.99. The van der Waals surface area contributed by atoms with Gasteiger partial charge in [0.05, 0.1) is 4.92 Å². The molecule has 156 valence electrons. The van der Waals surface area contributed by atoms with Gasteiger partial charge in [-0.1, -0.05) is 12.1 Å². The summed E-state index contributed by atoms with van der Waals surface area (Å²) in [6.07, 6.45) is 0. The van der Waals surface area contributed by atoms with Crippen LogP contribution in [0.5, 0.6) is 11.5 Å². The van der Waals surface area contributed by atoms with Crippen molar-refractivity contribution >= 4 is 17.3 Å². The summed E-state index contributed by atoms with van der Waals surface area (Å²) in [5.41, 5.74) is 0.737. The van der Waals surface area contributed by atoms with E-state index in [1.165, 1.54) is 48.5 Å². The van der Waals surface area contributed by atoms with Crippen LogP contribution in [0.1, 0.15) is 21.9 Å². The Morgan fingerprint density at radius 2 is 1.97 bits per heavy atom. The van der Waals surface area contributed by atoms with Crippen LogP contribution in [-0.4, -0.2) is 17.4 Å². The Kier molecular flexibility index (Phi) is 6.26. The van der Waals surface area contributed by atoms with Gasteiger partial charge < -0.3 is 19.2 Å². The van der Waals surface area contributed by atoms with Crippen molar-refractivity contribution in [2.24, 2.45) is 0 Å². The minimum absolute atomic E-state index is 0.0107. The van der Waals surface area contributed by atoms with E-state index in [1.807, 2.05) is 0 Å². The van der Waals surface area contributed by atoms with Crippen LogP contribution >= 0.6 is 0 Å². The number of hydrogen-bond donors (Lipinski definition) is 1. The smallest absolute Gasteiger partial charge is 0.387 e. The second-order valence-corrected chi connectivity index (χ2v) is 6.09. The molecule has 0 aliphatic heterocycles. The molecule has 2 aromatic carbocycles. The Bertz CT molecular complexity index is 1070. The summed E-state index contributed by atoms with van der Waals surface area (Å²) in [7, 11) is 0. The first-order valence-corrected chi connectivity index (χ1v) is 8.65. The van der Waals surface area contributed by atoms with Gasteiger partial charge in [0.15, 0.2) is 11.5 Å². The Labute approximate surface area is 169 Å². The summed E-state index contributed by atoms with van der Waals surface area (Å²) in [5, 5.41) is 13.6. The molecule has 0 bridgehead atoms. The minimum atomic E-state index is -2.94. The van der Waals surface area contributed by atoms with E-state index in [2.05, 4.69) is 10.1 Å². The molecule has 0 saturated carbocycles. The molecule has 3 aromatic rings. The van der Waals surface area contributed by atoms with Crippen LogP contribution in [0.4, 0.5) is 20.2 Å². The molecule has 0 saturated heterocycles. The topological polar surface area (TPSA) is 104 Å². The van der Waals surface area contributed by atoms with E-state index < -0.39 is 17.4 Å². The minimum Gasteiger partial charge on any atom is -0.479 e. The van der Waals surface area contributed by atoms with Crippen molar-refractivity contribution in [1.82, 2.24) is 0 Å². The summed E-state index contributed by atoms with van der Waals surface area (Å²) in [6.45, 7) is -1.43. The first kappa shape index (κ1) is 20.8. The van der Waals surface area contributed by atoms with Crippen molar-refractivity contribution in [3.05, 3.63) is 81.8 Å². The number of halogens is 2. The molecule has 1 aromatic heterocycles. The van der Waals surface area contributed by atoms with Crippen LogP contribution in [0.15, 0.2) is 59.0 Å². The number of nitrogens with zero attached hydrogens (tertiary/aromatic N) is 1. The van der Waals surface area contributed by atoms with E-state index in [4.69, 9.17) is 9.15 Å². The standard InChI is InChI=1S/C20H16F2N2O6/c1-12-10-13(30-20(21)22)6-8-15(12)23-19(25)18-9-7-14(29-18)11-28-17-5-3-2-4-16(17)24(26)27/h2-10,20H,11H2,1H3,(H,23,25). The third kappa shape index (κ3) is 5.10. The second kappa shape index (κ2) is 9.03. The van der Waals surface area contributed by atoms with Crippen LogP contribution in [0.3, 0.4) is 0 Å². The zero-order chi connectivity index (χ0) is 21.7. The van der Waals surface area contributed by atoms with Gasteiger partial charge in [0, 0.05) is 11.8 Å². The fourth-order valence-electron chi connectivity index (χ4n) is 2.59. The molecular weight excluding hydrogens is 402 g/mol. The van der Waals surface area contributed by atoms with E-state index in [9.17, 15) is 23.7 Å². The summed E-state index contributed by atoms with van der Waals surface area (Å²) in [6, 6.07) is 12.9.